The van der Waals surface area contributed by atoms with Crippen molar-refractivity contribution in [3.63, 3.8) is 0 Å². The largest absolute Gasteiger partial charge is 0.496 e. The standard InChI is InChI=1S/C19H23NO/c1-14-6-5-7-15(10-14)13-20-17-11-16(12-17)18-8-3-4-9-19(18)21-2/h3-10,16-17,20H,11-13H2,1-2H3. The summed E-state index contributed by atoms with van der Waals surface area (Å²) in [5.74, 6) is 1.66. The first kappa shape index (κ1) is 14.2. The molecule has 3 rings (SSSR count). The number of para-hydroxylation sites is 1. The molecule has 0 amide bonds. The smallest absolute Gasteiger partial charge is 0.122 e. The number of hydrogen-bond donors (Lipinski definition) is 1. The van der Waals surface area contributed by atoms with E-state index in [1.54, 1.807) is 7.11 Å². The predicted octanol–water partition coefficient (Wildman–Crippen LogP) is 4.04. The fraction of sp³-hybridized carbons (Fsp3) is 0.368. The minimum Gasteiger partial charge on any atom is -0.496 e. The van der Waals surface area contributed by atoms with E-state index in [4.69, 9.17) is 4.74 Å². The van der Waals surface area contributed by atoms with E-state index < -0.39 is 0 Å². The molecule has 0 spiro atoms. The fourth-order valence-corrected chi connectivity index (χ4v) is 3.13. The van der Waals surface area contributed by atoms with Gasteiger partial charge in [-0.1, -0.05) is 48.0 Å². The van der Waals surface area contributed by atoms with Gasteiger partial charge in [0.2, 0.25) is 0 Å². The molecule has 0 aliphatic heterocycles. The van der Waals surface area contributed by atoms with Gasteiger partial charge in [0.1, 0.15) is 5.75 Å². The normalized spacial score (nSPS) is 20.9. The van der Waals surface area contributed by atoms with E-state index >= 15 is 0 Å². The maximum Gasteiger partial charge on any atom is 0.122 e. The summed E-state index contributed by atoms with van der Waals surface area (Å²) >= 11 is 0. The van der Waals surface area contributed by atoms with Crippen LogP contribution in [0.5, 0.6) is 5.75 Å². The SMILES string of the molecule is COc1ccccc1C1CC(NCc2cccc(C)c2)C1. The van der Waals surface area contributed by atoms with Crippen LogP contribution in [0.25, 0.3) is 0 Å². The summed E-state index contributed by atoms with van der Waals surface area (Å²) in [7, 11) is 1.75. The van der Waals surface area contributed by atoms with Gasteiger partial charge in [0.25, 0.3) is 0 Å². The number of ether oxygens (including phenoxy) is 1. The van der Waals surface area contributed by atoms with Crippen molar-refractivity contribution in [3.05, 3.63) is 65.2 Å². The van der Waals surface area contributed by atoms with Crippen molar-refractivity contribution < 1.29 is 4.74 Å². The van der Waals surface area contributed by atoms with Gasteiger partial charge in [-0.15, -0.1) is 0 Å². The van der Waals surface area contributed by atoms with Gasteiger partial charge in [-0.2, -0.15) is 0 Å². The Balaban J connectivity index is 1.52. The molecule has 2 aromatic rings. The van der Waals surface area contributed by atoms with Crippen molar-refractivity contribution in [2.75, 3.05) is 7.11 Å². The molecule has 2 nitrogen and oxygen atoms in total. The molecule has 21 heavy (non-hydrogen) atoms. The Bertz CT molecular complexity index is 602. The van der Waals surface area contributed by atoms with Crippen molar-refractivity contribution in [1.29, 1.82) is 0 Å². The summed E-state index contributed by atoms with van der Waals surface area (Å²) < 4.78 is 5.46. The molecule has 0 bridgehead atoms. The van der Waals surface area contributed by atoms with Crippen LogP contribution in [0.4, 0.5) is 0 Å². The molecule has 0 saturated heterocycles. The molecule has 110 valence electrons. The van der Waals surface area contributed by atoms with Crippen LogP contribution < -0.4 is 10.1 Å². The maximum absolute atomic E-state index is 5.46. The van der Waals surface area contributed by atoms with Crippen LogP contribution in [0, 0.1) is 6.92 Å². The van der Waals surface area contributed by atoms with E-state index in [9.17, 15) is 0 Å². The van der Waals surface area contributed by atoms with E-state index in [0.29, 0.717) is 12.0 Å². The Morgan fingerprint density at radius 3 is 2.67 bits per heavy atom. The average Bonchev–Trinajstić information content (AvgIpc) is 2.46. The highest BCUT2D eigenvalue weighted by Crippen LogP contribution is 2.40. The van der Waals surface area contributed by atoms with Crippen LogP contribution in [0.2, 0.25) is 0 Å². The van der Waals surface area contributed by atoms with Gasteiger partial charge in [-0.05, 0) is 42.9 Å². The highest BCUT2D eigenvalue weighted by molar-refractivity contribution is 5.37. The molecule has 1 fully saturated rings. The molecule has 0 aromatic heterocycles. The molecule has 0 unspecified atom stereocenters. The van der Waals surface area contributed by atoms with Crippen LogP contribution in [0.15, 0.2) is 48.5 Å². The number of methoxy groups -OCH3 is 1. The van der Waals surface area contributed by atoms with E-state index in [0.717, 1.165) is 12.3 Å². The molecule has 1 saturated carbocycles. The summed E-state index contributed by atoms with van der Waals surface area (Å²) in [4.78, 5) is 0. The molecule has 0 atom stereocenters. The third kappa shape index (κ3) is 3.27. The van der Waals surface area contributed by atoms with E-state index in [-0.39, 0.29) is 0 Å². The molecule has 1 aliphatic rings. The molecule has 2 aromatic carbocycles. The summed E-state index contributed by atoms with van der Waals surface area (Å²) in [5, 5.41) is 3.66. The predicted molar refractivity (Wildman–Crippen MR) is 86.8 cm³/mol. The lowest BCUT2D eigenvalue weighted by Gasteiger charge is -2.37. The zero-order chi connectivity index (χ0) is 14.7. The highest BCUT2D eigenvalue weighted by atomic mass is 16.5. The summed E-state index contributed by atoms with van der Waals surface area (Å²) in [5.41, 5.74) is 4.05. The zero-order valence-corrected chi connectivity index (χ0v) is 12.8. The van der Waals surface area contributed by atoms with Gasteiger partial charge in [-0.25, -0.2) is 0 Å². The zero-order valence-electron chi connectivity index (χ0n) is 12.8. The lowest BCUT2D eigenvalue weighted by atomic mass is 9.75. The van der Waals surface area contributed by atoms with Crippen LogP contribution >= 0.6 is 0 Å². The molecular formula is C19H23NO. The number of nitrogens with one attached hydrogen (secondary N) is 1. The molecule has 1 N–H and O–H groups in total. The monoisotopic (exact) mass is 281 g/mol. The quantitative estimate of drug-likeness (QED) is 0.893. The Labute approximate surface area is 127 Å². The number of aryl methyl sites for hydroxylation is 1. The Morgan fingerprint density at radius 1 is 1.10 bits per heavy atom. The van der Waals surface area contributed by atoms with Gasteiger partial charge in [0, 0.05) is 12.6 Å². The Morgan fingerprint density at radius 2 is 1.90 bits per heavy atom. The second-order valence-electron chi connectivity index (χ2n) is 5.98. The van der Waals surface area contributed by atoms with Gasteiger partial charge in [0.15, 0.2) is 0 Å². The van der Waals surface area contributed by atoms with Crippen LogP contribution in [0.1, 0.15) is 35.4 Å². The lowest BCUT2D eigenvalue weighted by molar-refractivity contribution is 0.282. The number of hydrogen-bond acceptors (Lipinski definition) is 2. The molecular weight excluding hydrogens is 258 g/mol. The van der Waals surface area contributed by atoms with Crippen LogP contribution in [-0.2, 0) is 6.54 Å². The second kappa shape index (κ2) is 6.31. The van der Waals surface area contributed by atoms with Gasteiger partial charge < -0.3 is 10.1 Å². The second-order valence-corrected chi connectivity index (χ2v) is 5.98. The summed E-state index contributed by atoms with van der Waals surface area (Å²) in [6.45, 7) is 3.11. The van der Waals surface area contributed by atoms with E-state index in [2.05, 4.69) is 54.7 Å². The molecule has 0 radical (unpaired) electrons. The Kier molecular flexibility index (Phi) is 4.26. The number of rotatable bonds is 5. The average molecular weight is 281 g/mol. The third-order valence-electron chi connectivity index (χ3n) is 4.39. The first-order valence-corrected chi connectivity index (χ1v) is 7.68. The van der Waals surface area contributed by atoms with Crippen molar-refractivity contribution in [2.24, 2.45) is 0 Å². The molecule has 2 heteroatoms. The third-order valence-corrected chi connectivity index (χ3v) is 4.39. The first-order chi connectivity index (χ1) is 10.3. The van der Waals surface area contributed by atoms with Gasteiger partial charge >= 0.3 is 0 Å². The number of benzene rings is 2. The molecule has 1 aliphatic carbocycles. The van der Waals surface area contributed by atoms with Crippen molar-refractivity contribution in [2.45, 2.75) is 38.3 Å². The van der Waals surface area contributed by atoms with Crippen LogP contribution in [-0.4, -0.2) is 13.2 Å². The van der Waals surface area contributed by atoms with Crippen molar-refractivity contribution in [1.82, 2.24) is 5.32 Å². The van der Waals surface area contributed by atoms with Gasteiger partial charge in [0.05, 0.1) is 7.11 Å². The van der Waals surface area contributed by atoms with E-state index in [1.165, 1.54) is 29.5 Å². The topological polar surface area (TPSA) is 21.3 Å². The summed E-state index contributed by atoms with van der Waals surface area (Å²) in [6.07, 6.45) is 2.40. The van der Waals surface area contributed by atoms with Crippen LogP contribution in [0.3, 0.4) is 0 Å². The Hall–Kier alpha value is -1.80. The van der Waals surface area contributed by atoms with Crippen molar-refractivity contribution >= 4 is 0 Å². The fourth-order valence-electron chi connectivity index (χ4n) is 3.13. The minimum absolute atomic E-state index is 0.625. The van der Waals surface area contributed by atoms with Gasteiger partial charge in [-0.3, -0.25) is 0 Å². The lowest BCUT2D eigenvalue weighted by Crippen LogP contribution is -2.39. The van der Waals surface area contributed by atoms with Crippen molar-refractivity contribution in [3.8, 4) is 5.75 Å². The van der Waals surface area contributed by atoms with E-state index in [1.807, 2.05) is 6.07 Å². The maximum atomic E-state index is 5.46. The minimum atomic E-state index is 0.625. The summed E-state index contributed by atoms with van der Waals surface area (Å²) in [6, 6.07) is 17.7. The highest BCUT2D eigenvalue weighted by Gasteiger charge is 2.31. The first-order valence-electron chi connectivity index (χ1n) is 7.68. The molecule has 0 heterocycles.